The van der Waals surface area contributed by atoms with Crippen molar-refractivity contribution in [3.05, 3.63) is 11.8 Å². The second kappa shape index (κ2) is 6.02. The van der Waals surface area contributed by atoms with Crippen LogP contribution in [0.5, 0.6) is 0 Å². The molecule has 1 rings (SSSR count). The number of anilines is 1. The van der Waals surface area contributed by atoms with E-state index >= 15 is 0 Å². The van der Waals surface area contributed by atoms with E-state index < -0.39 is 20.5 Å². The van der Waals surface area contributed by atoms with Crippen LogP contribution in [0.1, 0.15) is 54.2 Å². The highest BCUT2D eigenvalue weighted by Crippen LogP contribution is 2.26. The summed E-state index contributed by atoms with van der Waals surface area (Å²) >= 11 is 0. The van der Waals surface area contributed by atoms with Gasteiger partial charge in [-0.1, -0.05) is 39.8 Å². The van der Waals surface area contributed by atoms with Crippen molar-refractivity contribution in [2.24, 2.45) is 5.92 Å². The Bertz CT molecular complexity index is 637. The molecule has 0 fully saturated rings. The summed E-state index contributed by atoms with van der Waals surface area (Å²) in [5.74, 6) is -0.556. The van der Waals surface area contributed by atoms with Gasteiger partial charge in [-0.15, -0.1) is 0 Å². The van der Waals surface area contributed by atoms with Crippen molar-refractivity contribution in [1.29, 1.82) is 0 Å². The van der Waals surface area contributed by atoms with Crippen molar-refractivity contribution < 1.29 is 17.7 Å². The van der Waals surface area contributed by atoms with E-state index in [1.54, 1.807) is 19.9 Å². The average Bonchev–Trinajstić information content (AvgIpc) is 2.74. The molecule has 0 unspecified atom stereocenters. The summed E-state index contributed by atoms with van der Waals surface area (Å²) in [6.07, 6.45) is 0. The van der Waals surface area contributed by atoms with Crippen LogP contribution >= 0.6 is 0 Å². The molecule has 1 aromatic rings. The van der Waals surface area contributed by atoms with Gasteiger partial charge in [0, 0.05) is 11.5 Å². The molecule has 0 aliphatic heterocycles. The molecule has 126 valence electrons. The summed E-state index contributed by atoms with van der Waals surface area (Å²) in [5, 5.41) is 6.40. The smallest absolute Gasteiger partial charge is 0.247 e. The first-order chi connectivity index (χ1) is 9.77. The highest BCUT2D eigenvalue weighted by Gasteiger charge is 2.42. The van der Waals surface area contributed by atoms with E-state index in [0.717, 1.165) is 0 Å². The lowest BCUT2D eigenvalue weighted by atomic mass is 9.92. The number of rotatable bonds is 5. The van der Waals surface area contributed by atoms with E-state index in [1.165, 1.54) is 13.8 Å². The maximum absolute atomic E-state index is 12.4. The SMILES string of the molecule is CC(C)CS(=O)(=O)C(C)(C)C(=O)Nc1cc(C(C)(C)C)no1. The third-order valence-corrected chi connectivity index (χ3v) is 6.24. The summed E-state index contributed by atoms with van der Waals surface area (Å²) in [7, 11) is -3.57. The standard InChI is InChI=1S/C15H26N2O4S/c1-10(2)9-22(19,20)15(6,7)13(18)16-12-8-11(17-21-12)14(3,4)5/h8,10H,9H2,1-7H3,(H,16,18). The Morgan fingerprint density at radius 2 is 1.82 bits per heavy atom. The number of hydrogen-bond donors (Lipinski definition) is 1. The van der Waals surface area contributed by atoms with Gasteiger partial charge in [0.05, 0.1) is 11.4 Å². The zero-order chi connectivity index (χ0) is 17.3. The lowest BCUT2D eigenvalue weighted by Crippen LogP contribution is -2.46. The number of nitrogens with zero attached hydrogens (tertiary/aromatic N) is 1. The van der Waals surface area contributed by atoms with Crippen LogP contribution in [0.4, 0.5) is 5.88 Å². The first-order valence-corrected chi connectivity index (χ1v) is 8.93. The molecule has 0 spiro atoms. The second-order valence-corrected chi connectivity index (χ2v) is 10.0. The lowest BCUT2D eigenvalue weighted by molar-refractivity contribution is -0.118. The molecular weight excluding hydrogens is 304 g/mol. The molecule has 1 N–H and O–H groups in total. The van der Waals surface area contributed by atoms with Gasteiger partial charge >= 0.3 is 0 Å². The average molecular weight is 330 g/mol. The van der Waals surface area contributed by atoms with Crippen molar-refractivity contribution in [2.75, 3.05) is 11.1 Å². The highest BCUT2D eigenvalue weighted by atomic mass is 32.2. The molecule has 0 saturated heterocycles. The van der Waals surface area contributed by atoms with Gasteiger partial charge in [-0.05, 0) is 19.8 Å². The largest absolute Gasteiger partial charge is 0.338 e. The fourth-order valence-corrected chi connectivity index (χ4v) is 3.37. The Labute approximate surface area is 132 Å². The molecule has 1 heterocycles. The number of nitrogens with one attached hydrogen (secondary N) is 1. The van der Waals surface area contributed by atoms with Crippen molar-refractivity contribution in [2.45, 2.75) is 58.6 Å². The second-order valence-electron chi connectivity index (χ2n) is 7.47. The zero-order valence-electron chi connectivity index (χ0n) is 14.4. The van der Waals surface area contributed by atoms with E-state index in [2.05, 4.69) is 10.5 Å². The van der Waals surface area contributed by atoms with Crippen LogP contribution in [-0.2, 0) is 20.0 Å². The topological polar surface area (TPSA) is 89.3 Å². The van der Waals surface area contributed by atoms with Crippen LogP contribution in [0.15, 0.2) is 10.6 Å². The van der Waals surface area contributed by atoms with Crippen LogP contribution in [0.3, 0.4) is 0 Å². The third kappa shape index (κ3) is 4.09. The van der Waals surface area contributed by atoms with Crippen LogP contribution < -0.4 is 5.32 Å². The van der Waals surface area contributed by atoms with Crippen LogP contribution in [0.25, 0.3) is 0 Å². The van der Waals surface area contributed by atoms with Crippen LogP contribution in [0, 0.1) is 5.92 Å². The minimum Gasteiger partial charge on any atom is -0.338 e. The minimum atomic E-state index is -3.57. The summed E-state index contributed by atoms with van der Waals surface area (Å²) in [4.78, 5) is 12.3. The first-order valence-electron chi connectivity index (χ1n) is 7.28. The summed E-state index contributed by atoms with van der Waals surface area (Å²) < 4.78 is 28.2. The number of carbonyl (C=O) groups is 1. The molecule has 1 aromatic heterocycles. The molecule has 7 heteroatoms. The molecule has 6 nitrogen and oxygen atoms in total. The molecule has 0 radical (unpaired) electrons. The van der Waals surface area contributed by atoms with E-state index in [9.17, 15) is 13.2 Å². The van der Waals surface area contributed by atoms with Crippen molar-refractivity contribution in [3.63, 3.8) is 0 Å². The number of hydrogen-bond acceptors (Lipinski definition) is 5. The van der Waals surface area contributed by atoms with E-state index in [-0.39, 0.29) is 23.0 Å². The van der Waals surface area contributed by atoms with Gasteiger partial charge < -0.3 is 4.52 Å². The predicted molar refractivity (Wildman–Crippen MR) is 86.5 cm³/mol. The van der Waals surface area contributed by atoms with Crippen LogP contribution in [-0.4, -0.2) is 30.0 Å². The van der Waals surface area contributed by atoms with Gasteiger partial charge in [0.1, 0.15) is 4.75 Å². The maximum atomic E-state index is 12.4. The molecule has 1 amide bonds. The first kappa shape index (κ1) is 18.7. The molecule has 0 aromatic carbocycles. The fraction of sp³-hybridized carbons (Fsp3) is 0.733. The lowest BCUT2D eigenvalue weighted by Gasteiger charge is -2.24. The van der Waals surface area contributed by atoms with Gasteiger partial charge in [-0.25, -0.2) is 8.42 Å². The quantitative estimate of drug-likeness (QED) is 0.896. The predicted octanol–water partition coefficient (Wildman–Crippen LogP) is 2.76. The minimum absolute atomic E-state index is 0.0446. The molecule has 0 bridgehead atoms. The summed E-state index contributed by atoms with van der Waals surface area (Å²) in [6, 6.07) is 1.61. The van der Waals surface area contributed by atoms with Gasteiger partial charge in [-0.2, -0.15) is 0 Å². The van der Waals surface area contributed by atoms with Crippen LogP contribution in [0.2, 0.25) is 0 Å². The van der Waals surface area contributed by atoms with E-state index in [1.807, 2.05) is 20.8 Å². The monoisotopic (exact) mass is 330 g/mol. The normalized spacial score (nSPS) is 13.5. The third-order valence-electron chi connectivity index (χ3n) is 3.39. The zero-order valence-corrected chi connectivity index (χ0v) is 15.2. The van der Waals surface area contributed by atoms with Gasteiger partial charge in [-0.3, -0.25) is 10.1 Å². The maximum Gasteiger partial charge on any atom is 0.247 e. The Hall–Kier alpha value is -1.37. The van der Waals surface area contributed by atoms with Gasteiger partial charge in [0.2, 0.25) is 11.8 Å². The van der Waals surface area contributed by atoms with Gasteiger partial charge in [0.25, 0.3) is 0 Å². The highest BCUT2D eigenvalue weighted by molar-refractivity contribution is 7.93. The molecule has 0 saturated carbocycles. The van der Waals surface area contributed by atoms with Crippen molar-refractivity contribution in [3.8, 4) is 0 Å². The Morgan fingerprint density at radius 1 is 1.27 bits per heavy atom. The van der Waals surface area contributed by atoms with Crippen molar-refractivity contribution >= 4 is 21.6 Å². The van der Waals surface area contributed by atoms with Crippen molar-refractivity contribution in [1.82, 2.24) is 5.16 Å². The summed E-state index contributed by atoms with van der Waals surface area (Å²) in [5.41, 5.74) is 0.469. The fourth-order valence-electron chi connectivity index (χ4n) is 1.74. The number of aromatic nitrogens is 1. The van der Waals surface area contributed by atoms with Gasteiger partial charge in [0.15, 0.2) is 9.84 Å². The van der Waals surface area contributed by atoms with E-state index in [4.69, 9.17) is 4.52 Å². The number of carbonyl (C=O) groups excluding carboxylic acids is 1. The summed E-state index contributed by atoms with van der Waals surface area (Å²) in [6.45, 7) is 12.3. The number of sulfone groups is 1. The Balaban J connectivity index is 2.94. The Kier molecular flexibility index (Phi) is 5.11. The Morgan fingerprint density at radius 3 is 2.23 bits per heavy atom. The molecule has 0 atom stereocenters. The molecular formula is C15H26N2O4S. The molecule has 22 heavy (non-hydrogen) atoms. The molecule has 0 aliphatic carbocycles. The molecule has 0 aliphatic rings. The van der Waals surface area contributed by atoms with E-state index in [0.29, 0.717) is 5.69 Å². The number of amides is 1.